The number of phenols is 1. The molecule has 0 amide bonds. The third kappa shape index (κ3) is 5.51. The van der Waals surface area contributed by atoms with Crippen molar-refractivity contribution in [2.45, 2.75) is 19.3 Å². The van der Waals surface area contributed by atoms with Crippen molar-refractivity contribution in [1.82, 2.24) is 4.90 Å². The summed E-state index contributed by atoms with van der Waals surface area (Å²) < 4.78 is 30.3. The number of hydrogen-bond acceptors (Lipinski definition) is 3. The second-order valence-electron chi connectivity index (χ2n) is 4.96. The van der Waals surface area contributed by atoms with Crippen molar-refractivity contribution >= 4 is 12.4 Å². The van der Waals surface area contributed by atoms with Gasteiger partial charge < -0.3 is 9.84 Å². The van der Waals surface area contributed by atoms with E-state index in [2.05, 4.69) is 0 Å². The van der Waals surface area contributed by atoms with Gasteiger partial charge in [0, 0.05) is 12.5 Å². The Kier molecular flexibility index (Phi) is 7.02. The molecule has 1 aliphatic rings. The van der Waals surface area contributed by atoms with Gasteiger partial charge in [-0.2, -0.15) is 0 Å². The Balaban J connectivity index is 0.00000200. The molecule has 1 saturated heterocycles. The first kappa shape index (κ1) is 17.0. The van der Waals surface area contributed by atoms with Gasteiger partial charge in [0.15, 0.2) is 0 Å². The number of aromatic hydroxyl groups is 1. The van der Waals surface area contributed by atoms with Crippen LogP contribution in [0.15, 0.2) is 24.3 Å². The van der Waals surface area contributed by atoms with Gasteiger partial charge in [-0.25, -0.2) is 8.78 Å². The van der Waals surface area contributed by atoms with Crippen LogP contribution in [0.2, 0.25) is 0 Å². The Labute approximate surface area is 123 Å². The van der Waals surface area contributed by atoms with E-state index in [9.17, 15) is 8.78 Å². The lowest BCUT2D eigenvalue weighted by Gasteiger charge is -2.32. The highest BCUT2D eigenvalue weighted by Crippen LogP contribution is 2.20. The molecule has 0 radical (unpaired) electrons. The maximum Gasteiger partial charge on any atom is 0.251 e. The fraction of sp³-hybridized carbons (Fsp3) is 0.571. The van der Waals surface area contributed by atoms with Crippen LogP contribution in [0.25, 0.3) is 0 Å². The topological polar surface area (TPSA) is 32.7 Å². The number of ether oxygens (including phenoxy) is 1. The summed E-state index contributed by atoms with van der Waals surface area (Å²) in [5.74, 6) is 1.19. The lowest BCUT2D eigenvalue weighted by molar-refractivity contribution is 0.0552. The van der Waals surface area contributed by atoms with Crippen molar-refractivity contribution in [2.75, 3.05) is 26.2 Å². The zero-order chi connectivity index (χ0) is 13.7. The largest absolute Gasteiger partial charge is 0.508 e. The lowest BCUT2D eigenvalue weighted by atomic mass is 9.99. The number of alkyl halides is 2. The zero-order valence-corrected chi connectivity index (χ0v) is 12.0. The Morgan fingerprint density at radius 1 is 1.30 bits per heavy atom. The molecule has 0 spiro atoms. The summed E-state index contributed by atoms with van der Waals surface area (Å²) in [6.07, 6.45) is -0.314. The third-order valence-electron chi connectivity index (χ3n) is 3.32. The lowest BCUT2D eigenvalue weighted by Crippen LogP contribution is -2.40. The number of rotatable bonds is 5. The molecule has 1 fully saturated rings. The van der Waals surface area contributed by atoms with E-state index in [0.29, 0.717) is 24.8 Å². The molecule has 1 unspecified atom stereocenters. The van der Waals surface area contributed by atoms with Gasteiger partial charge in [0.2, 0.25) is 0 Å². The molecular weight excluding hydrogens is 288 g/mol. The van der Waals surface area contributed by atoms with Crippen molar-refractivity contribution < 1.29 is 18.6 Å². The van der Waals surface area contributed by atoms with Gasteiger partial charge in [-0.3, -0.25) is 4.90 Å². The summed E-state index contributed by atoms with van der Waals surface area (Å²) >= 11 is 0. The first-order valence-corrected chi connectivity index (χ1v) is 6.56. The predicted molar refractivity (Wildman–Crippen MR) is 76.0 cm³/mol. The zero-order valence-electron chi connectivity index (χ0n) is 11.2. The maximum absolute atomic E-state index is 12.3. The minimum Gasteiger partial charge on any atom is -0.508 e. The fourth-order valence-electron chi connectivity index (χ4n) is 2.40. The summed E-state index contributed by atoms with van der Waals surface area (Å²) in [6.45, 7) is 1.81. The van der Waals surface area contributed by atoms with Crippen LogP contribution in [-0.4, -0.2) is 42.7 Å². The predicted octanol–water partition coefficient (Wildman–Crippen LogP) is 3.17. The molecule has 3 nitrogen and oxygen atoms in total. The number of halogens is 3. The highest BCUT2D eigenvalue weighted by Gasteiger charge is 2.22. The molecule has 2 rings (SSSR count). The Bertz CT molecular complexity index is 389. The molecule has 0 bridgehead atoms. The van der Waals surface area contributed by atoms with E-state index in [-0.39, 0.29) is 24.7 Å². The summed E-state index contributed by atoms with van der Waals surface area (Å²) in [7, 11) is 0. The first-order valence-electron chi connectivity index (χ1n) is 6.56. The maximum atomic E-state index is 12.3. The van der Waals surface area contributed by atoms with Gasteiger partial charge in [0.25, 0.3) is 6.43 Å². The normalized spacial score (nSPS) is 19.6. The number of likely N-dealkylation sites (tertiary alicyclic amines) is 1. The van der Waals surface area contributed by atoms with Crippen molar-refractivity contribution in [3.8, 4) is 11.5 Å². The number of hydrogen-bond donors (Lipinski definition) is 1. The summed E-state index contributed by atoms with van der Waals surface area (Å²) in [5.41, 5.74) is 0. The molecule has 0 aromatic heterocycles. The second kappa shape index (κ2) is 8.27. The standard InChI is InChI=1S/C14H19F2NO2.ClH/c15-14(16)9-17-7-1-2-11(8-17)10-19-13-5-3-12(18)4-6-13;/h3-6,11,14,18H,1-2,7-10H2;1H. The van der Waals surface area contributed by atoms with Crippen LogP contribution in [0.1, 0.15) is 12.8 Å². The van der Waals surface area contributed by atoms with Gasteiger partial charge in [0.05, 0.1) is 13.2 Å². The van der Waals surface area contributed by atoms with E-state index >= 15 is 0 Å². The summed E-state index contributed by atoms with van der Waals surface area (Å²) in [5, 5.41) is 9.16. The number of benzene rings is 1. The third-order valence-corrected chi connectivity index (χ3v) is 3.32. The SMILES string of the molecule is Cl.Oc1ccc(OCC2CCCN(CC(F)F)C2)cc1. The molecule has 6 heteroatoms. The molecule has 1 aliphatic heterocycles. The smallest absolute Gasteiger partial charge is 0.251 e. The minimum absolute atomic E-state index is 0. The van der Waals surface area contributed by atoms with Crippen molar-refractivity contribution in [2.24, 2.45) is 5.92 Å². The second-order valence-corrected chi connectivity index (χ2v) is 4.96. The van der Waals surface area contributed by atoms with Gasteiger partial charge in [-0.15, -0.1) is 12.4 Å². The molecule has 114 valence electrons. The van der Waals surface area contributed by atoms with E-state index in [1.165, 1.54) is 0 Å². The molecule has 1 N–H and O–H groups in total. The number of nitrogens with zero attached hydrogens (tertiary/aromatic N) is 1. The van der Waals surface area contributed by atoms with Crippen molar-refractivity contribution in [3.63, 3.8) is 0 Å². The average molecular weight is 308 g/mol. The molecular formula is C14H20ClF2NO2. The van der Waals surface area contributed by atoms with E-state index in [1.54, 1.807) is 29.2 Å². The van der Waals surface area contributed by atoms with Gasteiger partial charge in [-0.05, 0) is 43.7 Å². The van der Waals surface area contributed by atoms with E-state index in [1.807, 2.05) is 0 Å². The van der Waals surface area contributed by atoms with Gasteiger partial charge in [-0.1, -0.05) is 0 Å². The summed E-state index contributed by atoms with van der Waals surface area (Å²) in [6, 6.07) is 6.54. The molecule has 1 atom stereocenters. The molecule has 0 aliphatic carbocycles. The Morgan fingerprint density at radius 3 is 2.65 bits per heavy atom. The van der Waals surface area contributed by atoms with Crippen molar-refractivity contribution in [3.05, 3.63) is 24.3 Å². The van der Waals surface area contributed by atoms with Crippen LogP contribution in [0.4, 0.5) is 8.78 Å². The highest BCUT2D eigenvalue weighted by molar-refractivity contribution is 5.85. The number of phenolic OH excluding ortho intramolecular Hbond substituents is 1. The van der Waals surface area contributed by atoms with E-state index in [4.69, 9.17) is 9.84 Å². The van der Waals surface area contributed by atoms with Crippen molar-refractivity contribution in [1.29, 1.82) is 0 Å². The van der Waals surface area contributed by atoms with Crippen LogP contribution in [0.5, 0.6) is 11.5 Å². The average Bonchev–Trinajstić information content (AvgIpc) is 2.38. The molecule has 1 heterocycles. The molecule has 20 heavy (non-hydrogen) atoms. The van der Waals surface area contributed by atoms with Crippen LogP contribution < -0.4 is 4.74 Å². The van der Waals surface area contributed by atoms with E-state index in [0.717, 1.165) is 19.4 Å². The van der Waals surface area contributed by atoms with Crippen LogP contribution >= 0.6 is 12.4 Å². The van der Waals surface area contributed by atoms with Crippen LogP contribution in [0.3, 0.4) is 0 Å². The monoisotopic (exact) mass is 307 g/mol. The minimum atomic E-state index is -2.27. The van der Waals surface area contributed by atoms with Crippen LogP contribution in [-0.2, 0) is 0 Å². The number of piperidine rings is 1. The van der Waals surface area contributed by atoms with Gasteiger partial charge in [0.1, 0.15) is 11.5 Å². The quantitative estimate of drug-likeness (QED) is 0.907. The first-order chi connectivity index (χ1) is 9.13. The Morgan fingerprint density at radius 2 is 2.00 bits per heavy atom. The summed E-state index contributed by atoms with van der Waals surface area (Å²) in [4.78, 5) is 1.80. The van der Waals surface area contributed by atoms with E-state index < -0.39 is 6.43 Å². The Hall–Kier alpha value is -1.07. The molecule has 1 aromatic carbocycles. The fourth-order valence-corrected chi connectivity index (χ4v) is 2.40. The highest BCUT2D eigenvalue weighted by atomic mass is 35.5. The van der Waals surface area contributed by atoms with Crippen LogP contribution in [0, 0.1) is 5.92 Å². The van der Waals surface area contributed by atoms with Gasteiger partial charge >= 0.3 is 0 Å². The molecule has 0 saturated carbocycles. The molecule has 1 aromatic rings.